The highest BCUT2D eigenvalue weighted by Gasteiger charge is 2.27. The molecule has 1 aromatic rings. The first kappa shape index (κ1) is 15.3. The Hall–Kier alpha value is -1.07. The largest absolute Gasteiger partial charge is 0.492 e. The molecule has 1 aromatic carbocycles. The van der Waals surface area contributed by atoms with Crippen molar-refractivity contribution >= 4 is 9.84 Å². The molecule has 1 unspecified atom stereocenters. The topological polar surface area (TPSA) is 55.4 Å². The van der Waals surface area contributed by atoms with E-state index >= 15 is 0 Å². The van der Waals surface area contributed by atoms with Crippen molar-refractivity contribution < 1.29 is 13.2 Å². The van der Waals surface area contributed by atoms with E-state index in [-0.39, 0.29) is 5.92 Å². The van der Waals surface area contributed by atoms with E-state index < -0.39 is 9.84 Å². The summed E-state index contributed by atoms with van der Waals surface area (Å²) in [5, 5.41) is 3.28. The lowest BCUT2D eigenvalue weighted by molar-refractivity contribution is 0.307. The zero-order chi connectivity index (χ0) is 14.4. The first-order chi connectivity index (χ1) is 9.61. The van der Waals surface area contributed by atoms with Gasteiger partial charge >= 0.3 is 0 Å². The van der Waals surface area contributed by atoms with Gasteiger partial charge in [0.2, 0.25) is 0 Å². The maximum atomic E-state index is 11.3. The van der Waals surface area contributed by atoms with Crippen LogP contribution in [0.25, 0.3) is 0 Å². The molecule has 0 amide bonds. The van der Waals surface area contributed by atoms with Gasteiger partial charge in [0.05, 0.1) is 11.5 Å². The Morgan fingerprint density at radius 3 is 2.85 bits per heavy atom. The van der Waals surface area contributed by atoms with Gasteiger partial charge in [0.25, 0.3) is 0 Å². The van der Waals surface area contributed by atoms with Crippen LogP contribution in [-0.2, 0) is 16.3 Å². The smallest absolute Gasteiger partial charge is 0.150 e. The summed E-state index contributed by atoms with van der Waals surface area (Å²) >= 11 is 0. The summed E-state index contributed by atoms with van der Waals surface area (Å²) in [6.07, 6.45) is 1.75. The summed E-state index contributed by atoms with van der Waals surface area (Å²) in [4.78, 5) is 0. The highest BCUT2D eigenvalue weighted by atomic mass is 32.2. The van der Waals surface area contributed by atoms with Gasteiger partial charge in [0, 0.05) is 6.54 Å². The summed E-state index contributed by atoms with van der Waals surface area (Å²) in [5.41, 5.74) is 1.22. The predicted octanol–water partition coefficient (Wildman–Crippen LogP) is 1.65. The number of aryl methyl sites for hydroxylation is 1. The number of rotatable bonds is 7. The Labute approximate surface area is 121 Å². The van der Waals surface area contributed by atoms with Crippen molar-refractivity contribution in [3.05, 3.63) is 29.8 Å². The molecule has 0 bridgehead atoms. The van der Waals surface area contributed by atoms with Gasteiger partial charge in [-0.25, -0.2) is 8.42 Å². The minimum absolute atomic E-state index is 0.267. The molecule has 1 fully saturated rings. The zero-order valence-electron chi connectivity index (χ0n) is 12.0. The number of benzene rings is 1. The monoisotopic (exact) mass is 297 g/mol. The average Bonchev–Trinajstić information content (AvgIpc) is 2.78. The van der Waals surface area contributed by atoms with Gasteiger partial charge in [-0.05, 0) is 36.9 Å². The molecular weight excluding hydrogens is 274 g/mol. The van der Waals surface area contributed by atoms with Crippen LogP contribution in [0.2, 0.25) is 0 Å². The maximum absolute atomic E-state index is 11.3. The SMILES string of the molecule is CCc1ccccc1OCCNCC1CCS(=O)(=O)C1. The first-order valence-corrected chi connectivity index (χ1v) is 9.04. The molecule has 0 aromatic heterocycles. The number of sulfone groups is 1. The van der Waals surface area contributed by atoms with Crippen LogP contribution >= 0.6 is 0 Å². The van der Waals surface area contributed by atoms with E-state index in [0.29, 0.717) is 18.1 Å². The molecule has 1 aliphatic heterocycles. The van der Waals surface area contributed by atoms with Gasteiger partial charge in [0.1, 0.15) is 12.4 Å². The molecule has 4 nitrogen and oxygen atoms in total. The Kier molecular flexibility index (Phi) is 5.43. The molecule has 1 N–H and O–H groups in total. The first-order valence-electron chi connectivity index (χ1n) is 7.22. The molecule has 112 valence electrons. The third kappa shape index (κ3) is 4.49. The molecule has 20 heavy (non-hydrogen) atoms. The molecule has 1 saturated heterocycles. The van der Waals surface area contributed by atoms with E-state index in [1.54, 1.807) is 0 Å². The quantitative estimate of drug-likeness (QED) is 0.778. The molecule has 1 aliphatic rings. The lowest BCUT2D eigenvalue weighted by atomic mass is 10.1. The van der Waals surface area contributed by atoms with Crippen molar-refractivity contribution in [3.63, 3.8) is 0 Å². The van der Waals surface area contributed by atoms with Crippen molar-refractivity contribution in [2.45, 2.75) is 19.8 Å². The summed E-state index contributed by atoms with van der Waals surface area (Å²) in [7, 11) is -2.76. The van der Waals surface area contributed by atoms with E-state index in [0.717, 1.165) is 31.7 Å². The Bertz CT molecular complexity index is 528. The van der Waals surface area contributed by atoms with Crippen LogP contribution in [0.4, 0.5) is 0 Å². The van der Waals surface area contributed by atoms with Gasteiger partial charge < -0.3 is 10.1 Å². The van der Waals surface area contributed by atoms with Crippen molar-refractivity contribution in [2.24, 2.45) is 5.92 Å². The van der Waals surface area contributed by atoms with E-state index in [9.17, 15) is 8.42 Å². The Morgan fingerprint density at radius 1 is 1.35 bits per heavy atom. The fourth-order valence-electron chi connectivity index (χ4n) is 2.51. The normalized spacial score (nSPS) is 20.9. The van der Waals surface area contributed by atoms with Crippen LogP contribution in [0.1, 0.15) is 18.9 Å². The second kappa shape index (κ2) is 7.09. The van der Waals surface area contributed by atoms with Crippen LogP contribution in [0.15, 0.2) is 24.3 Å². The highest BCUT2D eigenvalue weighted by molar-refractivity contribution is 7.91. The van der Waals surface area contributed by atoms with Gasteiger partial charge in [-0.15, -0.1) is 0 Å². The van der Waals surface area contributed by atoms with E-state index in [2.05, 4.69) is 18.3 Å². The number of hydrogen-bond acceptors (Lipinski definition) is 4. The van der Waals surface area contributed by atoms with Crippen LogP contribution in [0.5, 0.6) is 5.75 Å². The molecule has 0 radical (unpaired) electrons. The number of nitrogens with one attached hydrogen (secondary N) is 1. The van der Waals surface area contributed by atoms with Gasteiger partial charge in [-0.1, -0.05) is 25.1 Å². The molecule has 2 rings (SSSR count). The third-order valence-electron chi connectivity index (χ3n) is 3.65. The minimum Gasteiger partial charge on any atom is -0.492 e. The fourth-order valence-corrected chi connectivity index (χ4v) is 4.37. The molecular formula is C15H23NO3S. The van der Waals surface area contributed by atoms with Crippen molar-refractivity contribution in [3.8, 4) is 5.75 Å². The number of ether oxygens (including phenoxy) is 1. The lowest BCUT2D eigenvalue weighted by Crippen LogP contribution is -2.27. The van der Waals surface area contributed by atoms with Crippen LogP contribution < -0.4 is 10.1 Å². The molecule has 0 aliphatic carbocycles. The van der Waals surface area contributed by atoms with E-state index in [4.69, 9.17) is 4.74 Å². The zero-order valence-corrected chi connectivity index (χ0v) is 12.8. The Morgan fingerprint density at radius 2 is 2.15 bits per heavy atom. The van der Waals surface area contributed by atoms with Gasteiger partial charge in [-0.2, -0.15) is 0 Å². The molecule has 1 atom stereocenters. The maximum Gasteiger partial charge on any atom is 0.150 e. The molecule has 5 heteroatoms. The average molecular weight is 297 g/mol. The van der Waals surface area contributed by atoms with Crippen LogP contribution in [0, 0.1) is 5.92 Å². The second-order valence-corrected chi connectivity index (χ2v) is 7.51. The van der Waals surface area contributed by atoms with Gasteiger partial charge in [0.15, 0.2) is 9.84 Å². The standard InChI is InChI=1S/C15H23NO3S/c1-2-14-5-3-4-6-15(14)19-9-8-16-11-13-7-10-20(17,18)12-13/h3-6,13,16H,2,7-12H2,1H3. The molecule has 0 spiro atoms. The molecule has 1 heterocycles. The van der Waals surface area contributed by atoms with Crippen LogP contribution in [-0.4, -0.2) is 39.6 Å². The number of hydrogen-bond donors (Lipinski definition) is 1. The second-order valence-electron chi connectivity index (χ2n) is 5.28. The third-order valence-corrected chi connectivity index (χ3v) is 5.49. The lowest BCUT2D eigenvalue weighted by Gasteiger charge is -2.12. The summed E-state index contributed by atoms with van der Waals surface area (Å²) in [5.74, 6) is 1.89. The van der Waals surface area contributed by atoms with Crippen LogP contribution in [0.3, 0.4) is 0 Å². The van der Waals surface area contributed by atoms with Crippen molar-refractivity contribution in [1.82, 2.24) is 5.32 Å². The summed E-state index contributed by atoms with van der Waals surface area (Å²) in [6.45, 7) is 4.23. The van der Waals surface area contributed by atoms with E-state index in [1.165, 1.54) is 5.56 Å². The summed E-state index contributed by atoms with van der Waals surface area (Å²) in [6, 6.07) is 8.06. The van der Waals surface area contributed by atoms with E-state index in [1.807, 2.05) is 18.2 Å². The minimum atomic E-state index is -2.76. The predicted molar refractivity (Wildman–Crippen MR) is 80.9 cm³/mol. The summed E-state index contributed by atoms with van der Waals surface area (Å²) < 4.78 is 28.4. The fraction of sp³-hybridized carbons (Fsp3) is 0.600. The van der Waals surface area contributed by atoms with Gasteiger partial charge in [-0.3, -0.25) is 0 Å². The van der Waals surface area contributed by atoms with Crippen molar-refractivity contribution in [2.75, 3.05) is 31.2 Å². The number of para-hydroxylation sites is 1. The molecule has 0 saturated carbocycles. The van der Waals surface area contributed by atoms with Crippen molar-refractivity contribution in [1.29, 1.82) is 0 Å². The highest BCUT2D eigenvalue weighted by Crippen LogP contribution is 2.18. The Balaban J connectivity index is 1.65.